The molecule has 0 saturated heterocycles. The number of amides is 2. The minimum atomic E-state index is -0.853. The summed E-state index contributed by atoms with van der Waals surface area (Å²) in [7, 11) is 0.891. The van der Waals surface area contributed by atoms with Crippen LogP contribution in [0.4, 0.5) is 4.39 Å². The van der Waals surface area contributed by atoms with Gasteiger partial charge in [-0.2, -0.15) is 0 Å². The van der Waals surface area contributed by atoms with Crippen molar-refractivity contribution in [3.8, 4) is 0 Å². The normalized spacial score (nSPS) is 9.89. The Morgan fingerprint density at radius 2 is 2.26 bits per heavy atom. The fraction of sp³-hybridized carbons (Fsp3) is 0.200. The third-order valence-corrected chi connectivity index (χ3v) is 2.24. The number of hydrazine groups is 1. The number of hydrogen-bond acceptors (Lipinski definition) is 5. The van der Waals surface area contributed by atoms with Crippen LogP contribution < -0.4 is 16.8 Å². The van der Waals surface area contributed by atoms with E-state index < -0.39 is 24.2 Å². The molecule has 7 nitrogen and oxygen atoms in total. The summed E-state index contributed by atoms with van der Waals surface area (Å²) in [5.74, 6) is 3.05. The molecular weight excluding hydrogens is 256 g/mol. The summed E-state index contributed by atoms with van der Waals surface area (Å²) in [5, 5.41) is 9.39. The van der Waals surface area contributed by atoms with E-state index in [1.807, 2.05) is 5.48 Å². The molecule has 2 amide bonds. The zero-order valence-electron chi connectivity index (χ0n) is 10.2. The van der Waals surface area contributed by atoms with Crippen LogP contribution in [0.2, 0.25) is 0 Å². The lowest BCUT2D eigenvalue weighted by molar-refractivity contribution is -0.132. The van der Waals surface area contributed by atoms with Gasteiger partial charge in [-0.25, -0.2) is 15.7 Å². The summed E-state index contributed by atoms with van der Waals surface area (Å²) < 4.78 is 13.6. The molecule has 102 valence electrons. The van der Waals surface area contributed by atoms with Gasteiger partial charge in [-0.05, 0) is 12.1 Å². The van der Waals surface area contributed by atoms with E-state index in [1.54, 1.807) is 0 Å². The van der Waals surface area contributed by atoms with Crippen LogP contribution in [0.25, 0.3) is 0 Å². The molecule has 0 radical (unpaired) electrons. The van der Waals surface area contributed by atoms with Gasteiger partial charge in [-0.15, -0.1) is 0 Å². The summed E-state index contributed by atoms with van der Waals surface area (Å²) in [6, 6.07) is 3.60. The van der Waals surface area contributed by atoms with Crippen LogP contribution in [-0.2, 0) is 9.63 Å². The van der Waals surface area contributed by atoms with Crippen LogP contribution in [0.15, 0.2) is 18.2 Å². The van der Waals surface area contributed by atoms with E-state index >= 15 is 0 Å². The molecule has 1 aromatic rings. The molecule has 0 aromatic heterocycles. The summed E-state index contributed by atoms with van der Waals surface area (Å²) in [6.07, 6.45) is 0. The van der Waals surface area contributed by atoms with Crippen LogP contribution in [0.5, 0.6) is 0 Å². The molecule has 0 aliphatic heterocycles. The Morgan fingerprint density at radius 3 is 2.79 bits per heavy atom. The second-order valence-corrected chi connectivity index (χ2v) is 3.63. The van der Waals surface area contributed by atoms with Crippen molar-refractivity contribution in [2.45, 2.75) is 0 Å². The Labute approximate surface area is 109 Å². The van der Waals surface area contributed by atoms with Crippen molar-refractivity contribution in [2.75, 3.05) is 13.7 Å². The quantitative estimate of drug-likeness (QED) is 0.243. The van der Waals surface area contributed by atoms with E-state index in [1.165, 1.54) is 19.2 Å². The standard InChI is InChI=1S/C10H13BFN3O4/c1-19-14-9(16)5-15(13)10(17)7-3-2-6(11-18)4-8(7)12/h2-4,11,18H,5,13H2,1H3,(H,14,16). The molecule has 19 heavy (non-hydrogen) atoms. The van der Waals surface area contributed by atoms with Crippen molar-refractivity contribution in [3.63, 3.8) is 0 Å². The van der Waals surface area contributed by atoms with Gasteiger partial charge in [0, 0.05) is 0 Å². The van der Waals surface area contributed by atoms with Gasteiger partial charge in [0.05, 0.1) is 12.7 Å². The zero-order chi connectivity index (χ0) is 14.4. The molecule has 1 aromatic carbocycles. The maximum atomic E-state index is 13.6. The van der Waals surface area contributed by atoms with Gasteiger partial charge in [-0.1, -0.05) is 11.5 Å². The highest BCUT2D eigenvalue weighted by atomic mass is 19.1. The molecule has 0 fully saturated rings. The monoisotopic (exact) mass is 269 g/mol. The molecule has 0 atom stereocenters. The molecule has 0 bridgehead atoms. The molecule has 0 spiro atoms. The third kappa shape index (κ3) is 4.02. The summed E-state index contributed by atoms with van der Waals surface area (Å²) >= 11 is 0. The van der Waals surface area contributed by atoms with E-state index in [0.717, 1.165) is 6.07 Å². The minimum absolute atomic E-state index is 0.287. The number of carbonyl (C=O) groups is 2. The first-order chi connectivity index (χ1) is 8.99. The first-order valence-electron chi connectivity index (χ1n) is 5.27. The average molecular weight is 269 g/mol. The van der Waals surface area contributed by atoms with Crippen molar-refractivity contribution in [1.82, 2.24) is 10.5 Å². The molecule has 4 N–H and O–H groups in total. The zero-order valence-corrected chi connectivity index (χ0v) is 10.2. The summed E-state index contributed by atoms with van der Waals surface area (Å²) in [5.41, 5.74) is 2.02. The maximum Gasteiger partial charge on any atom is 0.304 e. The highest BCUT2D eigenvalue weighted by Gasteiger charge is 2.19. The lowest BCUT2D eigenvalue weighted by Crippen LogP contribution is -2.45. The van der Waals surface area contributed by atoms with Gasteiger partial charge in [0.25, 0.3) is 11.8 Å². The van der Waals surface area contributed by atoms with Crippen molar-refractivity contribution >= 4 is 24.8 Å². The fourth-order valence-electron chi connectivity index (χ4n) is 1.36. The van der Waals surface area contributed by atoms with E-state index in [0.29, 0.717) is 10.5 Å². The van der Waals surface area contributed by atoms with E-state index in [4.69, 9.17) is 10.9 Å². The molecule has 0 unspecified atom stereocenters. The predicted molar refractivity (Wildman–Crippen MR) is 65.8 cm³/mol. The van der Waals surface area contributed by atoms with Gasteiger partial charge in [0.15, 0.2) is 0 Å². The first kappa shape index (κ1) is 15.1. The number of hydroxylamine groups is 1. The number of benzene rings is 1. The number of carbonyl (C=O) groups excluding carboxylic acids is 2. The van der Waals surface area contributed by atoms with E-state index in [-0.39, 0.29) is 13.0 Å². The highest BCUT2D eigenvalue weighted by Crippen LogP contribution is 2.07. The van der Waals surface area contributed by atoms with Gasteiger partial charge in [0.1, 0.15) is 12.4 Å². The van der Waals surface area contributed by atoms with Gasteiger partial charge < -0.3 is 5.02 Å². The number of hydrogen-bond donors (Lipinski definition) is 3. The summed E-state index contributed by atoms with van der Waals surface area (Å²) in [6.45, 7) is -0.478. The Balaban J connectivity index is 2.79. The van der Waals surface area contributed by atoms with Crippen molar-refractivity contribution in [3.05, 3.63) is 29.6 Å². The maximum absolute atomic E-state index is 13.6. The average Bonchev–Trinajstić information content (AvgIpc) is 2.37. The second-order valence-electron chi connectivity index (χ2n) is 3.63. The summed E-state index contributed by atoms with van der Waals surface area (Å²) in [4.78, 5) is 27.3. The minimum Gasteiger partial charge on any atom is -0.449 e. The molecule has 0 aliphatic carbocycles. The SMILES string of the molecule is CONC(=O)CN(N)C(=O)c1ccc(BO)cc1F. The topological polar surface area (TPSA) is 105 Å². The van der Waals surface area contributed by atoms with Crippen molar-refractivity contribution in [2.24, 2.45) is 5.84 Å². The van der Waals surface area contributed by atoms with Crippen molar-refractivity contribution < 1.29 is 23.8 Å². The Bertz CT molecular complexity index is 486. The smallest absolute Gasteiger partial charge is 0.304 e. The lowest BCUT2D eigenvalue weighted by Gasteiger charge is -2.16. The Kier molecular flexibility index (Phi) is 5.43. The number of nitrogens with two attached hydrogens (primary N) is 1. The van der Waals surface area contributed by atoms with Crippen LogP contribution in [0.1, 0.15) is 10.4 Å². The largest absolute Gasteiger partial charge is 0.449 e. The fourth-order valence-corrected chi connectivity index (χ4v) is 1.36. The van der Waals surface area contributed by atoms with Gasteiger partial charge in [-0.3, -0.25) is 19.4 Å². The predicted octanol–water partition coefficient (Wildman–Crippen LogP) is -2.21. The lowest BCUT2D eigenvalue weighted by atomic mass is 9.88. The first-order valence-corrected chi connectivity index (χ1v) is 5.27. The van der Waals surface area contributed by atoms with Crippen LogP contribution in [0.3, 0.4) is 0 Å². The molecule has 1 rings (SSSR count). The number of halogens is 1. The van der Waals surface area contributed by atoms with Crippen LogP contribution in [0, 0.1) is 5.82 Å². The molecular formula is C10H13BFN3O4. The highest BCUT2D eigenvalue weighted by molar-refractivity contribution is 6.45. The van der Waals surface area contributed by atoms with Gasteiger partial charge in [0.2, 0.25) is 0 Å². The number of nitrogens with zero attached hydrogens (tertiary/aromatic N) is 1. The van der Waals surface area contributed by atoms with Gasteiger partial charge >= 0.3 is 7.48 Å². The van der Waals surface area contributed by atoms with Crippen LogP contribution in [-0.4, -0.2) is 43.0 Å². The molecule has 0 saturated carbocycles. The van der Waals surface area contributed by atoms with E-state index in [2.05, 4.69) is 4.84 Å². The number of rotatable bonds is 5. The van der Waals surface area contributed by atoms with Crippen LogP contribution >= 0.6 is 0 Å². The second kappa shape index (κ2) is 6.83. The molecule has 0 heterocycles. The third-order valence-electron chi connectivity index (χ3n) is 2.24. The Morgan fingerprint density at radius 1 is 1.58 bits per heavy atom. The molecule has 0 aliphatic rings. The number of nitrogens with one attached hydrogen (secondary N) is 1. The molecule has 9 heteroatoms. The van der Waals surface area contributed by atoms with Crippen molar-refractivity contribution in [1.29, 1.82) is 0 Å². The van der Waals surface area contributed by atoms with E-state index in [9.17, 15) is 14.0 Å². The Hall–Kier alpha value is -1.97.